The van der Waals surface area contributed by atoms with Crippen molar-refractivity contribution in [1.82, 2.24) is 0 Å². The number of nitrogens with two attached hydrogens (primary N) is 1. The van der Waals surface area contributed by atoms with Crippen LogP contribution in [0.2, 0.25) is 0 Å². The fraction of sp³-hybridized carbons (Fsp3) is 0.861. The van der Waals surface area contributed by atoms with E-state index in [1.54, 1.807) is 0 Å². The fourth-order valence-electron chi connectivity index (χ4n) is 4.91. The molecule has 0 radical (unpaired) electrons. The Kier molecular flexibility index (Phi) is 33.5. The van der Waals surface area contributed by atoms with Crippen LogP contribution < -0.4 is 5.73 Å². The molecule has 0 bridgehead atoms. The lowest BCUT2D eigenvalue weighted by Gasteiger charge is -2.20. The third kappa shape index (κ3) is 34.1. The zero-order valence-electron chi connectivity index (χ0n) is 29.1. The van der Waals surface area contributed by atoms with Gasteiger partial charge in [0.2, 0.25) is 0 Å². The SMILES string of the molecule is CCCCC/C=C\C/C=C\CCCCCCCCCC(=O)OC(COCCCCCCCCCCC)COP(=O)(O)OCCN. The zero-order chi connectivity index (χ0) is 33.1. The van der Waals surface area contributed by atoms with Gasteiger partial charge in [-0.3, -0.25) is 13.8 Å². The second-order valence-electron chi connectivity index (χ2n) is 12.1. The third-order valence-corrected chi connectivity index (χ3v) is 8.61. The summed E-state index contributed by atoms with van der Waals surface area (Å²) >= 11 is 0. The number of unbranched alkanes of at least 4 members (excludes halogenated alkanes) is 18. The van der Waals surface area contributed by atoms with Gasteiger partial charge in [0.05, 0.1) is 19.8 Å². The molecule has 45 heavy (non-hydrogen) atoms. The molecular weight excluding hydrogens is 589 g/mol. The lowest BCUT2D eigenvalue weighted by atomic mass is 10.1. The van der Waals surface area contributed by atoms with Gasteiger partial charge in [-0.2, -0.15) is 0 Å². The van der Waals surface area contributed by atoms with E-state index in [-0.39, 0.29) is 32.3 Å². The fourth-order valence-corrected chi connectivity index (χ4v) is 5.67. The van der Waals surface area contributed by atoms with Crippen molar-refractivity contribution >= 4 is 13.8 Å². The minimum Gasteiger partial charge on any atom is -0.457 e. The quantitative estimate of drug-likeness (QED) is 0.0299. The topological polar surface area (TPSA) is 117 Å². The normalized spacial score (nSPS) is 14.0. The van der Waals surface area contributed by atoms with Crippen molar-refractivity contribution < 1.29 is 32.8 Å². The van der Waals surface area contributed by atoms with E-state index in [1.165, 1.54) is 96.3 Å². The summed E-state index contributed by atoms with van der Waals surface area (Å²) in [5.41, 5.74) is 5.34. The number of esters is 1. The van der Waals surface area contributed by atoms with Crippen molar-refractivity contribution in [1.29, 1.82) is 0 Å². The number of phosphoric ester groups is 1. The number of hydrogen-bond acceptors (Lipinski definition) is 7. The smallest absolute Gasteiger partial charge is 0.457 e. The first kappa shape index (κ1) is 44.0. The van der Waals surface area contributed by atoms with Crippen LogP contribution in [0.4, 0.5) is 0 Å². The van der Waals surface area contributed by atoms with E-state index in [9.17, 15) is 14.3 Å². The molecule has 0 rings (SSSR count). The second kappa shape index (κ2) is 34.3. The highest BCUT2D eigenvalue weighted by molar-refractivity contribution is 7.47. The first-order chi connectivity index (χ1) is 21.9. The van der Waals surface area contributed by atoms with Crippen LogP contribution in [-0.4, -0.2) is 49.9 Å². The van der Waals surface area contributed by atoms with Crippen molar-refractivity contribution in [2.45, 2.75) is 168 Å². The Labute approximate surface area is 276 Å². The van der Waals surface area contributed by atoms with Gasteiger partial charge < -0.3 is 20.1 Å². The maximum absolute atomic E-state index is 12.5. The number of hydrogen-bond donors (Lipinski definition) is 2. The molecule has 0 aliphatic carbocycles. The molecular formula is C36H70NO7P. The Morgan fingerprint density at radius 1 is 0.667 bits per heavy atom. The molecule has 2 unspecified atom stereocenters. The second-order valence-corrected chi connectivity index (χ2v) is 13.5. The molecule has 0 aliphatic heterocycles. The first-order valence-corrected chi connectivity index (χ1v) is 19.8. The van der Waals surface area contributed by atoms with Crippen LogP contribution >= 0.6 is 7.82 Å². The number of phosphoric acid groups is 1. The maximum Gasteiger partial charge on any atom is 0.472 e. The van der Waals surface area contributed by atoms with E-state index in [1.807, 2.05) is 0 Å². The van der Waals surface area contributed by atoms with Gasteiger partial charge in [0, 0.05) is 19.6 Å². The van der Waals surface area contributed by atoms with Crippen molar-refractivity contribution in [3.8, 4) is 0 Å². The van der Waals surface area contributed by atoms with E-state index < -0.39 is 13.9 Å². The van der Waals surface area contributed by atoms with Crippen LogP contribution in [-0.2, 0) is 27.9 Å². The molecule has 0 spiro atoms. The van der Waals surface area contributed by atoms with Gasteiger partial charge in [0.15, 0.2) is 0 Å². The highest BCUT2D eigenvalue weighted by Gasteiger charge is 2.25. The van der Waals surface area contributed by atoms with Gasteiger partial charge >= 0.3 is 13.8 Å². The maximum atomic E-state index is 12.5. The van der Waals surface area contributed by atoms with Crippen LogP contribution in [0.5, 0.6) is 0 Å². The number of carbonyl (C=O) groups excluding carboxylic acids is 1. The minimum atomic E-state index is -4.26. The summed E-state index contributed by atoms with van der Waals surface area (Å²) < 4.78 is 33.2. The summed E-state index contributed by atoms with van der Waals surface area (Å²) in [6.07, 6.45) is 34.7. The van der Waals surface area contributed by atoms with Crippen LogP contribution in [0.3, 0.4) is 0 Å². The van der Waals surface area contributed by atoms with E-state index in [0.29, 0.717) is 13.0 Å². The number of allylic oxidation sites excluding steroid dienone is 4. The van der Waals surface area contributed by atoms with Crippen LogP contribution in [0.1, 0.15) is 162 Å². The van der Waals surface area contributed by atoms with E-state index >= 15 is 0 Å². The Hall–Kier alpha value is -1.02. The highest BCUT2D eigenvalue weighted by Crippen LogP contribution is 2.43. The lowest BCUT2D eigenvalue weighted by molar-refractivity contribution is -0.154. The molecule has 0 aromatic rings. The highest BCUT2D eigenvalue weighted by atomic mass is 31.2. The molecule has 0 aliphatic rings. The zero-order valence-corrected chi connectivity index (χ0v) is 30.0. The van der Waals surface area contributed by atoms with Gasteiger partial charge in [-0.15, -0.1) is 0 Å². The van der Waals surface area contributed by atoms with Crippen LogP contribution in [0.25, 0.3) is 0 Å². The lowest BCUT2D eigenvalue weighted by Crippen LogP contribution is -2.28. The molecule has 0 amide bonds. The predicted octanol–water partition coefficient (Wildman–Crippen LogP) is 10.1. The van der Waals surface area contributed by atoms with Gasteiger partial charge in [0.25, 0.3) is 0 Å². The van der Waals surface area contributed by atoms with Gasteiger partial charge in [-0.25, -0.2) is 4.57 Å². The Bertz CT molecular complexity index is 747. The standard InChI is InChI=1S/C36H70NO7P/c1-3-5-7-9-11-13-14-15-16-17-18-19-20-21-23-25-27-29-36(38)44-35(34-43-45(39,40)42-32-30-37)33-41-31-28-26-24-22-12-10-8-6-4-2/h11,13,15-16,35H,3-10,12,14,17-34,37H2,1-2H3,(H,39,40)/b13-11-,16-15-. The number of ether oxygens (including phenoxy) is 2. The molecule has 0 fully saturated rings. The average Bonchev–Trinajstić information content (AvgIpc) is 3.02. The van der Waals surface area contributed by atoms with E-state index in [4.69, 9.17) is 24.3 Å². The minimum absolute atomic E-state index is 0.0957. The van der Waals surface area contributed by atoms with Gasteiger partial charge in [-0.05, 0) is 44.9 Å². The summed E-state index contributed by atoms with van der Waals surface area (Å²) in [7, 11) is -4.26. The summed E-state index contributed by atoms with van der Waals surface area (Å²) in [5, 5.41) is 0. The molecule has 9 heteroatoms. The Morgan fingerprint density at radius 2 is 1.18 bits per heavy atom. The molecule has 2 atom stereocenters. The molecule has 0 aromatic heterocycles. The molecule has 0 aromatic carbocycles. The Morgan fingerprint density at radius 3 is 1.78 bits per heavy atom. The number of rotatable bonds is 35. The van der Waals surface area contributed by atoms with Crippen molar-refractivity contribution in [2.24, 2.45) is 5.73 Å². The molecule has 0 saturated heterocycles. The Balaban J connectivity index is 4.08. The van der Waals surface area contributed by atoms with Crippen molar-refractivity contribution in [3.05, 3.63) is 24.3 Å². The molecule has 266 valence electrons. The molecule has 8 nitrogen and oxygen atoms in total. The van der Waals surface area contributed by atoms with Crippen molar-refractivity contribution in [2.75, 3.05) is 33.0 Å². The van der Waals surface area contributed by atoms with Gasteiger partial charge in [-0.1, -0.05) is 134 Å². The first-order valence-electron chi connectivity index (χ1n) is 18.3. The van der Waals surface area contributed by atoms with Crippen molar-refractivity contribution in [3.63, 3.8) is 0 Å². The van der Waals surface area contributed by atoms with E-state index in [0.717, 1.165) is 44.9 Å². The molecule has 3 N–H and O–H groups in total. The summed E-state index contributed by atoms with van der Waals surface area (Å²) in [6, 6.07) is 0. The monoisotopic (exact) mass is 659 g/mol. The molecule has 0 saturated carbocycles. The van der Waals surface area contributed by atoms with E-state index in [2.05, 4.69) is 38.2 Å². The largest absolute Gasteiger partial charge is 0.472 e. The van der Waals surface area contributed by atoms with Crippen LogP contribution in [0, 0.1) is 0 Å². The third-order valence-electron chi connectivity index (χ3n) is 7.62. The van der Waals surface area contributed by atoms with Gasteiger partial charge in [0.1, 0.15) is 6.10 Å². The summed E-state index contributed by atoms with van der Waals surface area (Å²) in [4.78, 5) is 22.3. The summed E-state index contributed by atoms with van der Waals surface area (Å²) in [5.74, 6) is -0.339. The average molecular weight is 660 g/mol. The predicted molar refractivity (Wildman–Crippen MR) is 187 cm³/mol. The summed E-state index contributed by atoms with van der Waals surface area (Å²) in [6.45, 7) is 4.87. The van der Waals surface area contributed by atoms with Crippen LogP contribution in [0.15, 0.2) is 24.3 Å². The molecule has 0 heterocycles. The number of carbonyl (C=O) groups is 1.